The Balaban J connectivity index is 1.60. The average molecular weight is 260 g/mol. The number of ether oxygens (including phenoxy) is 1. The van der Waals surface area contributed by atoms with Crippen molar-refractivity contribution in [3.8, 4) is 5.75 Å². The maximum Gasteiger partial charge on any atom is 0.223 e. The van der Waals surface area contributed by atoms with Gasteiger partial charge in [0.25, 0.3) is 0 Å². The summed E-state index contributed by atoms with van der Waals surface area (Å²) in [5.74, 6) is 2.54. The molecule has 1 amide bonds. The van der Waals surface area contributed by atoms with Crippen LogP contribution in [0.4, 0.5) is 5.69 Å². The molecule has 0 aromatic heterocycles. The van der Waals surface area contributed by atoms with E-state index in [0.717, 1.165) is 11.3 Å². The zero-order valence-electron chi connectivity index (χ0n) is 11.2. The van der Waals surface area contributed by atoms with Crippen LogP contribution in [0.5, 0.6) is 5.75 Å². The normalized spacial score (nSPS) is 27.7. The number of nitrogens with one attached hydrogen (secondary N) is 1. The van der Waals surface area contributed by atoms with Crippen molar-refractivity contribution in [3.05, 3.63) is 23.8 Å². The standard InChI is InChI=1S/C15H20N2O2/c1-19-13-6-5-10(16)7-9(13)8-17-15(18)14-11-3-2-4-12(11)14/h5-7,11-12,14H,2-4,8,16H2,1H3,(H,17,18). The number of nitrogen functional groups attached to an aromatic ring is 1. The van der Waals surface area contributed by atoms with Crippen molar-refractivity contribution in [2.75, 3.05) is 12.8 Å². The molecule has 1 aromatic rings. The molecule has 2 unspecified atom stereocenters. The third-order valence-electron chi connectivity index (χ3n) is 4.47. The van der Waals surface area contributed by atoms with Gasteiger partial charge < -0.3 is 15.8 Å². The Morgan fingerprint density at radius 3 is 2.84 bits per heavy atom. The molecule has 0 spiro atoms. The number of carbonyl (C=O) groups excluding carboxylic acids is 1. The molecule has 2 atom stereocenters. The quantitative estimate of drug-likeness (QED) is 0.813. The summed E-state index contributed by atoms with van der Waals surface area (Å²) in [6, 6.07) is 5.49. The van der Waals surface area contributed by atoms with Gasteiger partial charge in [0.15, 0.2) is 0 Å². The molecule has 1 aromatic carbocycles. The van der Waals surface area contributed by atoms with Crippen molar-refractivity contribution in [3.63, 3.8) is 0 Å². The number of hydrogen-bond acceptors (Lipinski definition) is 3. The summed E-state index contributed by atoms with van der Waals surface area (Å²) < 4.78 is 5.28. The van der Waals surface area contributed by atoms with Crippen molar-refractivity contribution in [2.24, 2.45) is 17.8 Å². The van der Waals surface area contributed by atoms with Crippen molar-refractivity contribution < 1.29 is 9.53 Å². The monoisotopic (exact) mass is 260 g/mol. The van der Waals surface area contributed by atoms with Gasteiger partial charge in [0.05, 0.1) is 7.11 Å². The molecule has 0 aliphatic heterocycles. The Labute approximate surface area is 113 Å². The largest absolute Gasteiger partial charge is 0.496 e. The summed E-state index contributed by atoms with van der Waals surface area (Å²) in [7, 11) is 1.63. The second kappa shape index (κ2) is 4.76. The van der Waals surface area contributed by atoms with Crippen LogP contribution in [0, 0.1) is 17.8 Å². The minimum absolute atomic E-state index is 0.194. The first-order valence-electron chi connectivity index (χ1n) is 6.91. The Hall–Kier alpha value is -1.71. The molecule has 102 valence electrons. The SMILES string of the molecule is COc1ccc(N)cc1CNC(=O)C1C2CCCC21. The Morgan fingerprint density at radius 2 is 2.16 bits per heavy atom. The van der Waals surface area contributed by atoms with Crippen molar-refractivity contribution in [1.29, 1.82) is 0 Å². The van der Waals surface area contributed by atoms with Gasteiger partial charge in [0, 0.05) is 23.7 Å². The molecular weight excluding hydrogens is 240 g/mol. The van der Waals surface area contributed by atoms with Crippen LogP contribution in [0.25, 0.3) is 0 Å². The van der Waals surface area contributed by atoms with E-state index < -0.39 is 0 Å². The molecular formula is C15H20N2O2. The summed E-state index contributed by atoms with van der Waals surface area (Å²) in [5.41, 5.74) is 7.39. The zero-order valence-corrected chi connectivity index (χ0v) is 11.2. The van der Waals surface area contributed by atoms with Crippen LogP contribution in [0.15, 0.2) is 18.2 Å². The Kier molecular flexibility index (Phi) is 3.09. The first kappa shape index (κ1) is 12.3. The van der Waals surface area contributed by atoms with Crippen LogP contribution in [0.3, 0.4) is 0 Å². The van der Waals surface area contributed by atoms with Crippen LogP contribution < -0.4 is 15.8 Å². The van der Waals surface area contributed by atoms with Crippen LogP contribution in [-0.2, 0) is 11.3 Å². The molecule has 2 aliphatic rings. The van der Waals surface area contributed by atoms with E-state index in [1.807, 2.05) is 12.1 Å². The fraction of sp³-hybridized carbons (Fsp3) is 0.533. The minimum Gasteiger partial charge on any atom is -0.496 e. The van der Waals surface area contributed by atoms with E-state index in [1.54, 1.807) is 13.2 Å². The number of rotatable bonds is 4. The van der Waals surface area contributed by atoms with Gasteiger partial charge in [-0.3, -0.25) is 4.79 Å². The highest BCUT2D eigenvalue weighted by atomic mass is 16.5. The van der Waals surface area contributed by atoms with E-state index >= 15 is 0 Å². The number of hydrogen-bond donors (Lipinski definition) is 2. The highest BCUT2D eigenvalue weighted by Crippen LogP contribution is 2.57. The van der Waals surface area contributed by atoms with Crippen LogP contribution >= 0.6 is 0 Å². The van der Waals surface area contributed by atoms with Crippen LogP contribution in [0.2, 0.25) is 0 Å². The highest BCUT2D eigenvalue weighted by Gasteiger charge is 2.56. The van der Waals surface area contributed by atoms with E-state index in [0.29, 0.717) is 24.1 Å². The number of fused-ring (bicyclic) bond motifs is 1. The number of anilines is 1. The van der Waals surface area contributed by atoms with Gasteiger partial charge in [-0.2, -0.15) is 0 Å². The molecule has 0 bridgehead atoms. The van der Waals surface area contributed by atoms with E-state index in [1.165, 1.54) is 19.3 Å². The topological polar surface area (TPSA) is 64.3 Å². The summed E-state index contributed by atoms with van der Waals surface area (Å²) in [6.07, 6.45) is 3.75. The zero-order chi connectivity index (χ0) is 13.4. The van der Waals surface area contributed by atoms with E-state index in [-0.39, 0.29) is 11.8 Å². The number of nitrogens with two attached hydrogens (primary N) is 1. The molecule has 0 radical (unpaired) electrons. The number of methoxy groups -OCH3 is 1. The molecule has 2 saturated carbocycles. The lowest BCUT2D eigenvalue weighted by Gasteiger charge is -2.11. The second-order valence-electron chi connectivity index (χ2n) is 5.57. The highest BCUT2D eigenvalue weighted by molar-refractivity contribution is 5.82. The molecule has 0 heterocycles. The molecule has 3 rings (SSSR count). The molecule has 0 saturated heterocycles. The van der Waals surface area contributed by atoms with Gasteiger partial charge in [0.2, 0.25) is 5.91 Å². The maximum absolute atomic E-state index is 12.1. The second-order valence-corrected chi connectivity index (χ2v) is 5.57. The summed E-state index contributed by atoms with van der Waals surface area (Å²) in [6.45, 7) is 0.489. The van der Waals surface area contributed by atoms with Gasteiger partial charge in [-0.05, 0) is 42.9 Å². The third kappa shape index (κ3) is 2.27. The predicted octanol–water partition coefficient (Wildman–Crippen LogP) is 1.94. The molecule has 19 heavy (non-hydrogen) atoms. The Morgan fingerprint density at radius 1 is 1.42 bits per heavy atom. The lowest BCUT2D eigenvalue weighted by atomic mass is 10.1. The van der Waals surface area contributed by atoms with E-state index in [9.17, 15) is 4.79 Å². The van der Waals surface area contributed by atoms with Crippen molar-refractivity contribution in [1.82, 2.24) is 5.32 Å². The van der Waals surface area contributed by atoms with Crippen LogP contribution in [-0.4, -0.2) is 13.0 Å². The van der Waals surface area contributed by atoms with Gasteiger partial charge in [-0.1, -0.05) is 6.42 Å². The number of benzene rings is 1. The first-order chi connectivity index (χ1) is 9.20. The predicted molar refractivity (Wildman–Crippen MR) is 73.6 cm³/mol. The van der Waals surface area contributed by atoms with Crippen molar-refractivity contribution in [2.45, 2.75) is 25.8 Å². The maximum atomic E-state index is 12.1. The molecule has 4 nitrogen and oxygen atoms in total. The van der Waals surface area contributed by atoms with Crippen LogP contribution in [0.1, 0.15) is 24.8 Å². The van der Waals surface area contributed by atoms with Gasteiger partial charge in [-0.25, -0.2) is 0 Å². The number of carbonyl (C=O) groups is 1. The molecule has 3 N–H and O–H groups in total. The molecule has 2 fully saturated rings. The first-order valence-corrected chi connectivity index (χ1v) is 6.91. The van der Waals surface area contributed by atoms with Gasteiger partial charge in [-0.15, -0.1) is 0 Å². The van der Waals surface area contributed by atoms with E-state index in [2.05, 4.69) is 5.32 Å². The number of amides is 1. The summed E-state index contributed by atoms with van der Waals surface area (Å²) in [4.78, 5) is 12.1. The van der Waals surface area contributed by atoms with Crippen molar-refractivity contribution >= 4 is 11.6 Å². The minimum atomic E-state index is 0.194. The van der Waals surface area contributed by atoms with Gasteiger partial charge in [0.1, 0.15) is 5.75 Å². The lowest BCUT2D eigenvalue weighted by molar-refractivity contribution is -0.123. The average Bonchev–Trinajstić information content (AvgIpc) is 2.89. The third-order valence-corrected chi connectivity index (χ3v) is 4.47. The van der Waals surface area contributed by atoms with Gasteiger partial charge >= 0.3 is 0 Å². The Bertz CT molecular complexity index is 491. The van der Waals surface area contributed by atoms with E-state index in [4.69, 9.17) is 10.5 Å². The fourth-order valence-corrected chi connectivity index (χ4v) is 3.45. The fourth-order valence-electron chi connectivity index (χ4n) is 3.45. The molecule has 4 heteroatoms. The lowest BCUT2D eigenvalue weighted by Crippen LogP contribution is -2.26. The smallest absolute Gasteiger partial charge is 0.223 e. The summed E-state index contributed by atoms with van der Waals surface area (Å²) in [5, 5.41) is 3.02. The molecule has 2 aliphatic carbocycles. The summed E-state index contributed by atoms with van der Waals surface area (Å²) >= 11 is 0.